The summed E-state index contributed by atoms with van der Waals surface area (Å²) in [7, 11) is 0. The van der Waals surface area contributed by atoms with Gasteiger partial charge < -0.3 is 10.5 Å². The lowest BCUT2D eigenvalue weighted by molar-refractivity contribution is -0.144. The number of ether oxygens (including phenoxy) is 1. The van der Waals surface area contributed by atoms with Crippen molar-refractivity contribution in [3.63, 3.8) is 0 Å². The minimum atomic E-state index is -0.516. The van der Waals surface area contributed by atoms with E-state index in [1.165, 1.54) is 0 Å². The van der Waals surface area contributed by atoms with Crippen LogP contribution < -0.4 is 5.73 Å². The van der Waals surface area contributed by atoms with Gasteiger partial charge in [0.1, 0.15) is 6.04 Å². The number of carbonyl (C=O) groups is 1. The molecule has 0 spiro atoms. The van der Waals surface area contributed by atoms with Gasteiger partial charge in [-0.1, -0.05) is 0 Å². The first kappa shape index (κ1) is 15.5. The van der Waals surface area contributed by atoms with E-state index in [4.69, 9.17) is 10.5 Å². The van der Waals surface area contributed by atoms with Gasteiger partial charge in [0, 0.05) is 22.6 Å². The van der Waals surface area contributed by atoms with Gasteiger partial charge >= 0.3 is 5.97 Å². The number of rotatable bonds is 7. The standard InChI is InChI=1S/C12H17BrN2O2S/c1-2-17-12(16)11(14)3-4-18-8-9-5-10(13)7-15-6-9/h5-7,11H,2-4,8,14H2,1H3. The predicted molar refractivity (Wildman–Crippen MR) is 77.3 cm³/mol. The van der Waals surface area contributed by atoms with Gasteiger partial charge in [-0.25, -0.2) is 0 Å². The molecule has 1 aromatic rings. The maximum absolute atomic E-state index is 11.3. The van der Waals surface area contributed by atoms with Crippen molar-refractivity contribution in [3.8, 4) is 0 Å². The second-order valence-electron chi connectivity index (χ2n) is 3.71. The van der Waals surface area contributed by atoms with Gasteiger partial charge in [-0.2, -0.15) is 11.8 Å². The van der Waals surface area contributed by atoms with Crippen LogP contribution in [0.5, 0.6) is 0 Å². The minimum Gasteiger partial charge on any atom is -0.465 e. The molecule has 0 fully saturated rings. The Balaban J connectivity index is 2.20. The number of halogens is 1. The summed E-state index contributed by atoms with van der Waals surface area (Å²) in [6.45, 7) is 2.16. The second-order valence-corrected chi connectivity index (χ2v) is 5.73. The number of esters is 1. The van der Waals surface area contributed by atoms with Crippen LogP contribution in [0.25, 0.3) is 0 Å². The quantitative estimate of drug-likeness (QED) is 0.613. The highest BCUT2D eigenvalue weighted by Gasteiger charge is 2.13. The average Bonchev–Trinajstić information content (AvgIpc) is 2.35. The van der Waals surface area contributed by atoms with Crippen molar-refractivity contribution in [2.45, 2.75) is 25.1 Å². The van der Waals surface area contributed by atoms with Crippen LogP contribution in [0.3, 0.4) is 0 Å². The summed E-state index contributed by atoms with van der Waals surface area (Å²) in [4.78, 5) is 15.4. The van der Waals surface area contributed by atoms with Gasteiger partial charge in [0.15, 0.2) is 0 Å². The third-order valence-electron chi connectivity index (χ3n) is 2.19. The molecule has 0 aromatic carbocycles. The fourth-order valence-corrected chi connectivity index (χ4v) is 2.67. The molecule has 0 amide bonds. The second kappa shape index (κ2) is 8.50. The Bertz CT molecular complexity index is 390. The van der Waals surface area contributed by atoms with E-state index in [9.17, 15) is 4.79 Å². The van der Waals surface area contributed by atoms with Gasteiger partial charge in [0.05, 0.1) is 6.61 Å². The molecule has 1 aromatic heterocycles. The van der Waals surface area contributed by atoms with Crippen molar-refractivity contribution in [1.29, 1.82) is 0 Å². The molecular formula is C12H17BrN2O2S. The molecule has 2 N–H and O–H groups in total. The molecular weight excluding hydrogens is 316 g/mol. The van der Waals surface area contributed by atoms with Crippen LogP contribution in [0, 0.1) is 0 Å². The van der Waals surface area contributed by atoms with Crippen LogP contribution in [0.15, 0.2) is 22.9 Å². The highest BCUT2D eigenvalue weighted by atomic mass is 79.9. The lowest BCUT2D eigenvalue weighted by Crippen LogP contribution is -2.32. The fourth-order valence-electron chi connectivity index (χ4n) is 1.30. The summed E-state index contributed by atoms with van der Waals surface area (Å²) in [6, 6.07) is 1.52. The summed E-state index contributed by atoms with van der Waals surface area (Å²) >= 11 is 5.11. The molecule has 18 heavy (non-hydrogen) atoms. The van der Waals surface area contributed by atoms with Crippen molar-refractivity contribution < 1.29 is 9.53 Å². The number of hydrogen-bond acceptors (Lipinski definition) is 5. The molecule has 4 nitrogen and oxygen atoms in total. The first-order valence-corrected chi connectivity index (χ1v) is 7.67. The van der Waals surface area contributed by atoms with Gasteiger partial charge in [-0.15, -0.1) is 0 Å². The molecule has 6 heteroatoms. The number of pyridine rings is 1. The van der Waals surface area contributed by atoms with E-state index in [0.29, 0.717) is 13.0 Å². The zero-order chi connectivity index (χ0) is 13.4. The van der Waals surface area contributed by atoms with E-state index >= 15 is 0 Å². The Morgan fingerprint density at radius 3 is 3.06 bits per heavy atom. The molecule has 0 bridgehead atoms. The topological polar surface area (TPSA) is 65.2 Å². The van der Waals surface area contributed by atoms with E-state index < -0.39 is 6.04 Å². The first-order chi connectivity index (χ1) is 8.63. The molecule has 0 aliphatic heterocycles. The third-order valence-corrected chi connectivity index (χ3v) is 3.69. The third kappa shape index (κ3) is 5.84. The van der Waals surface area contributed by atoms with Gasteiger partial charge in [0.25, 0.3) is 0 Å². The van der Waals surface area contributed by atoms with Crippen LogP contribution in [0.4, 0.5) is 0 Å². The van der Waals surface area contributed by atoms with Gasteiger partial charge in [-0.3, -0.25) is 9.78 Å². The molecule has 0 saturated heterocycles. The molecule has 100 valence electrons. The highest BCUT2D eigenvalue weighted by molar-refractivity contribution is 9.10. The van der Waals surface area contributed by atoms with Crippen molar-refractivity contribution in [1.82, 2.24) is 4.98 Å². The van der Waals surface area contributed by atoms with Crippen molar-refractivity contribution in [3.05, 3.63) is 28.5 Å². The number of aromatic nitrogens is 1. The maximum atomic E-state index is 11.3. The Hall–Kier alpha value is -0.590. The van der Waals surface area contributed by atoms with Crippen LogP contribution in [0.2, 0.25) is 0 Å². The van der Waals surface area contributed by atoms with E-state index in [0.717, 1.165) is 21.5 Å². The highest BCUT2D eigenvalue weighted by Crippen LogP contribution is 2.16. The molecule has 0 aliphatic carbocycles. The molecule has 0 saturated carbocycles. The van der Waals surface area contributed by atoms with E-state index in [2.05, 4.69) is 20.9 Å². The zero-order valence-electron chi connectivity index (χ0n) is 10.3. The van der Waals surface area contributed by atoms with E-state index in [1.807, 2.05) is 12.3 Å². The number of carbonyl (C=O) groups excluding carboxylic acids is 1. The average molecular weight is 333 g/mol. The number of thioether (sulfide) groups is 1. The Morgan fingerprint density at radius 1 is 1.61 bits per heavy atom. The smallest absolute Gasteiger partial charge is 0.322 e. The van der Waals surface area contributed by atoms with E-state index in [-0.39, 0.29) is 5.97 Å². The summed E-state index contributed by atoms with van der Waals surface area (Å²) < 4.78 is 5.82. The Kier molecular flexibility index (Phi) is 7.31. The first-order valence-electron chi connectivity index (χ1n) is 5.73. The lowest BCUT2D eigenvalue weighted by Gasteiger charge is -2.09. The number of nitrogens with two attached hydrogens (primary N) is 1. The molecule has 1 atom stereocenters. The lowest BCUT2D eigenvalue weighted by atomic mass is 10.2. The number of nitrogens with zero attached hydrogens (tertiary/aromatic N) is 1. The molecule has 1 heterocycles. The predicted octanol–water partition coefficient (Wildman–Crippen LogP) is 2.36. The SMILES string of the molecule is CCOC(=O)C(N)CCSCc1cncc(Br)c1. The van der Waals surface area contributed by atoms with Crippen molar-refractivity contribution in [2.75, 3.05) is 12.4 Å². The van der Waals surface area contributed by atoms with Crippen molar-refractivity contribution in [2.24, 2.45) is 5.73 Å². The fraction of sp³-hybridized carbons (Fsp3) is 0.500. The van der Waals surface area contributed by atoms with Gasteiger partial charge in [-0.05, 0) is 46.7 Å². The van der Waals surface area contributed by atoms with Crippen LogP contribution >= 0.6 is 27.7 Å². The van der Waals surface area contributed by atoms with Gasteiger partial charge in [0.2, 0.25) is 0 Å². The normalized spacial score (nSPS) is 12.2. The minimum absolute atomic E-state index is 0.317. The molecule has 1 unspecified atom stereocenters. The Morgan fingerprint density at radius 2 is 2.39 bits per heavy atom. The monoisotopic (exact) mass is 332 g/mol. The summed E-state index contributed by atoms with van der Waals surface area (Å²) in [5.41, 5.74) is 6.85. The van der Waals surface area contributed by atoms with Crippen LogP contribution in [-0.2, 0) is 15.3 Å². The molecule has 0 radical (unpaired) electrons. The maximum Gasteiger partial charge on any atom is 0.322 e. The summed E-state index contributed by atoms with van der Waals surface area (Å²) in [5.74, 6) is 1.37. The molecule has 0 aliphatic rings. The summed E-state index contributed by atoms with van der Waals surface area (Å²) in [6.07, 6.45) is 4.22. The van der Waals surface area contributed by atoms with Crippen LogP contribution in [-0.4, -0.2) is 29.4 Å². The van der Waals surface area contributed by atoms with Crippen molar-refractivity contribution >= 4 is 33.7 Å². The van der Waals surface area contributed by atoms with Crippen LogP contribution in [0.1, 0.15) is 18.9 Å². The summed E-state index contributed by atoms with van der Waals surface area (Å²) in [5, 5.41) is 0. The zero-order valence-corrected chi connectivity index (χ0v) is 12.7. The number of hydrogen-bond donors (Lipinski definition) is 1. The largest absolute Gasteiger partial charge is 0.465 e. The van der Waals surface area contributed by atoms with E-state index in [1.54, 1.807) is 24.9 Å². The molecule has 1 rings (SSSR count). The Labute approximate surface area is 120 Å².